The SMILES string of the molecule is CC(C)OP(=O)(OC(C)C)C(F)(F)CC(C)(CO)COCc1ccccc1. The first-order chi connectivity index (χ1) is 12.4. The van der Waals surface area contributed by atoms with E-state index in [0.717, 1.165) is 5.56 Å². The van der Waals surface area contributed by atoms with Crippen LogP contribution in [-0.4, -0.2) is 36.2 Å². The molecule has 0 aromatic heterocycles. The Hall–Kier alpha value is -0.850. The molecule has 1 aromatic carbocycles. The summed E-state index contributed by atoms with van der Waals surface area (Å²) in [7, 11) is -4.73. The van der Waals surface area contributed by atoms with Crippen LogP contribution in [0.15, 0.2) is 30.3 Å². The highest BCUT2D eigenvalue weighted by Crippen LogP contribution is 2.66. The smallest absolute Gasteiger partial charge is 0.396 e. The van der Waals surface area contributed by atoms with Gasteiger partial charge in [0.25, 0.3) is 0 Å². The highest BCUT2D eigenvalue weighted by atomic mass is 31.2. The molecule has 0 radical (unpaired) electrons. The molecule has 0 heterocycles. The number of rotatable bonds is 12. The van der Waals surface area contributed by atoms with Crippen LogP contribution in [0.4, 0.5) is 8.78 Å². The standard InChI is InChI=1S/C19H31F2O5P/c1-15(2)25-27(23,26-16(3)4)19(20,21)12-18(5,13-22)14-24-11-17-9-7-6-8-10-17/h6-10,15-16,22H,11-14H2,1-5H3. The first-order valence-corrected chi connectivity index (χ1v) is 10.5. The number of aliphatic hydroxyl groups is 1. The molecule has 1 atom stereocenters. The maximum atomic E-state index is 14.9. The molecule has 0 saturated carbocycles. The Morgan fingerprint density at radius 1 is 1.07 bits per heavy atom. The van der Waals surface area contributed by atoms with E-state index in [9.17, 15) is 18.5 Å². The van der Waals surface area contributed by atoms with Crippen LogP contribution in [0.25, 0.3) is 0 Å². The van der Waals surface area contributed by atoms with Crippen molar-refractivity contribution in [3.8, 4) is 0 Å². The topological polar surface area (TPSA) is 65.0 Å². The predicted octanol–water partition coefficient (Wildman–Crippen LogP) is 5.23. The van der Waals surface area contributed by atoms with E-state index in [2.05, 4.69) is 0 Å². The van der Waals surface area contributed by atoms with Gasteiger partial charge in [0.2, 0.25) is 0 Å². The van der Waals surface area contributed by atoms with E-state index in [4.69, 9.17) is 13.8 Å². The van der Waals surface area contributed by atoms with Crippen molar-refractivity contribution in [3.05, 3.63) is 35.9 Å². The predicted molar refractivity (Wildman–Crippen MR) is 101 cm³/mol. The molecular weight excluding hydrogens is 377 g/mol. The van der Waals surface area contributed by atoms with Crippen LogP contribution in [0.3, 0.4) is 0 Å². The summed E-state index contributed by atoms with van der Waals surface area (Å²) in [5.74, 6) is 0. The van der Waals surface area contributed by atoms with Crippen molar-refractivity contribution in [3.63, 3.8) is 0 Å². The summed E-state index contributed by atoms with van der Waals surface area (Å²) in [6, 6.07) is 9.27. The van der Waals surface area contributed by atoms with Gasteiger partial charge < -0.3 is 18.9 Å². The van der Waals surface area contributed by atoms with Crippen LogP contribution < -0.4 is 0 Å². The van der Waals surface area contributed by atoms with Crippen molar-refractivity contribution in [1.29, 1.82) is 0 Å². The first-order valence-electron chi connectivity index (χ1n) is 9.00. The van der Waals surface area contributed by atoms with Crippen molar-refractivity contribution in [2.24, 2.45) is 5.41 Å². The fraction of sp³-hybridized carbons (Fsp3) is 0.684. The monoisotopic (exact) mass is 408 g/mol. The second-order valence-electron chi connectivity index (χ2n) is 7.60. The van der Waals surface area contributed by atoms with Crippen molar-refractivity contribution in [2.75, 3.05) is 13.2 Å². The lowest BCUT2D eigenvalue weighted by molar-refractivity contribution is -0.0603. The fourth-order valence-corrected chi connectivity index (χ4v) is 4.53. The molecule has 0 aliphatic rings. The molecule has 156 valence electrons. The summed E-state index contributed by atoms with van der Waals surface area (Å²) in [6.45, 7) is 7.06. The summed E-state index contributed by atoms with van der Waals surface area (Å²) in [4.78, 5) is 0. The normalized spacial score (nSPS) is 15.3. The van der Waals surface area contributed by atoms with Crippen LogP contribution in [0.5, 0.6) is 0 Å². The molecule has 0 saturated heterocycles. The number of hydrogen-bond acceptors (Lipinski definition) is 5. The van der Waals surface area contributed by atoms with Gasteiger partial charge in [0, 0.05) is 11.8 Å². The lowest BCUT2D eigenvalue weighted by atomic mass is 9.89. The van der Waals surface area contributed by atoms with Crippen LogP contribution in [0.1, 0.15) is 46.6 Å². The number of benzene rings is 1. The number of alkyl halides is 2. The first kappa shape index (κ1) is 24.2. The zero-order valence-electron chi connectivity index (χ0n) is 16.7. The summed E-state index contributed by atoms with van der Waals surface area (Å²) in [6.07, 6.45) is -2.28. The van der Waals surface area contributed by atoms with Gasteiger partial charge in [-0.1, -0.05) is 37.3 Å². The lowest BCUT2D eigenvalue weighted by Gasteiger charge is -2.35. The molecule has 0 aliphatic heterocycles. The third kappa shape index (κ3) is 7.59. The minimum atomic E-state index is -4.73. The Morgan fingerprint density at radius 2 is 1.59 bits per heavy atom. The van der Waals surface area contributed by atoms with Gasteiger partial charge in [0.05, 0.1) is 32.0 Å². The van der Waals surface area contributed by atoms with Gasteiger partial charge in [0.15, 0.2) is 0 Å². The minimum Gasteiger partial charge on any atom is -0.396 e. The second-order valence-corrected chi connectivity index (χ2v) is 9.67. The highest BCUT2D eigenvalue weighted by molar-refractivity contribution is 7.55. The number of hydrogen-bond donors (Lipinski definition) is 1. The van der Waals surface area contributed by atoms with Gasteiger partial charge in [-0.25, -0.2) is 0 Å². The Morgan fingerprint density at radius 3 is 2.04 bits per heavy atom. The highest BCUT2D eigenvalue weighted by Gasteiger charge is 2.57. The van der Waals surface area contributed by atoms with Crippen molar-refractivity contribution >= 4 is 7.60 Å². The molecule has 8 heteroatoms. The second kappa shape index (κ2) is 10.1. The molecule has 27 heavy (non-hydrogen) atoms. The molecule has 0 fully saturated rings. The van der Waals surface area contributed by atoms with E-state index in [1.54, 1.807) is 0 Å². The van der Waals surface area contributed by atoms with E-state index in [-0.39, 0.29) is 13.2 Å². The van der Waals surface area contributed by atoms with Crippen molar-refractivity contribution in [2.45, 2.75) is 65.5 Å². The van der Waals surface area contributed by atoms with Crippen LogP contribution in [0.2, 0.25) is 0 Å². The molecule has 0 amide bonds. The molecule has 0 bridgehead atoms. The maximum Gasteiger partial charge on any atom is 0.400 e. The minimum absolute atomic E-state index is 0.128. The zero-order valence-corrected chi connectivity index (χ0v) is 17.5. The van der Waals surface area contributed by atoms with E-state index >= 15 is 0 Å². The van der Waals surface area contributed by atoms with Gasteiger partial charge in [-0.15, -0.1) is 0 Å². The molecule has 1 rings (SSSR count). The van der Waals surface area contributed by atoms with Crippen molar-refractivity contribution < 1.29 is 32.2 Å². The van der Waals surface area contributed by atoms with Gasteiger partial charge >= 0.3 is 13.3 Å². The lowest BCUT2D eigenvalue weighted by Crippen LogP contribution is -2.36. The summed E-state index contributed by atoms with van der Waals surface area (Å²) in [5.41, 5.74) is -4.19. The fourth-order valence-electron chi connectivity index (χ4n) is 2.49. The zero-order chi connectivity index (χ0) is 20.7. The van der Waals surface area contributed by atoms with E-state index in [1.807, 2.05) is 30.3 Å². The van der Waals surface area contributed by atoms with E-state index < -0.39 is 43.9 Å². The molecule has 0 spiro atoms. The summed E-state index contributed by atoms with van der Waals surface area (Å²) in [5, 5.41) is 9.69. The Bertz CT molecular complexity index is 595. The van der Waals surface area contributed by atoms with Crippen LogP contribution >= 0.6 is 7.60 Å². The van der Waals surface area contributed by atoms with E-state index in [0.29, 0.717) is 0 Å². The molecule has 5 nitrogen and oxygen atoms in total. The largest absolute Gasteiger partial charge is 0.400 e. The number of aliphatic hydroxyl groups excluding tert-OH is 1. The van der Waals surface area contributed by atoms with Crippen molar-refractivity contribution in [1.82, 2.24) is 0 Å². The average Bonchev–Trinajstić information content (AvgIpc) is 2.53. The maximum absolute atomic E-state index is 14.9. The van der Waals surface area contributed by atoms with Crippen LogP contribution in [-0.2, 0) is 25.0 Å². The quantitative estimate of drug-likeness (QED) is 0.480. The van der Waals surface area contributed by atoms with Gasteiger partial charge in [-0.05, 0) is 33.3 Å². The van der Waals surface area contributed by atoms with Gasteiger partial charge in [-0.3, -0.25) is 4.57 Å². The van der Waals surface area contributed by atoms with E-state index in [1.165, 1.54) is 34.6 Å². The Balaban J connectivity index is 2.87. The Kier molecular flexibility index (Phi) is 9.03. The molecule has 1 N–H and O–H groups in total. The third-order valence-electron chi connectivity index (χ3n) is 3.68. The number of halogens is 2. The van der Waals surface area contributed by atoms with Gasteiger partial charge in [-0.2, -0.15) is 8.78 Å². The molecule has 0 aliphatic carbocycles. The molecular formula is C19H31F2O5P. The summed E-state index contributed by atoms with van der Waals surface area (Å²) >= 11 is 0. The Labute approximate surface area is 160 Å². The third-order valence-corrected chi connectivity index (χ3v) is 6.04. The average molecular weight is 408 g/mol. The molecule has 1 unspecified atom stereocenters. The van der Waals surface area contributed by atoms with Crippen LogP contribution in [0, 0.1) is 5.41 Å². The molecule has 1 aromatic rings. The summed E-state index contributed by atoms with van der Waals surface area (Å²) < 4.78 is 58.3. The van der Waals surface area contributed by atoms with Gasteiger partial charge in [0.1, 0.15) is 0 Å². The number of ether oxygens (including phenoxy) is 1.